The number of likely N-dealkylation sites (N-methyl/N-ethyl adjacent to an activating group) is 1. The third-order valence-corrected chi connectivity index (χ3v) is 4.36. The van der Waals surface area contributed by atoms with E-state index in [0.717, 1.165) is 12.1 Å². The van der Waals surface area contributed by atoms with E-state index in [2.05, 4.69) is 5.32 Å². The van der Waals surface area contributed by atoms with Crippen molar-refractivity contribution in [2.24, 2.45) is 5.92 Å². The van der Waals surface area contributed by atoms with E-state index in [1.807, 2.05) is 35.2 Å². The average Bonchev–Trinajstić information content (AvgIpc) is 2.49. The maximum atomic E-state index is 12.6. The summed E-state index contributed by atoms with van der Waals surface area (Å²) in [4.78, 5) is 27.9. The van der Waals surface area contributed by atoms with E-state index < -0.39 is 6.04 Å². The molecule has 126 valence electrons. The highest BCUT2D eigenvalue weighted by atomic mass is 16.2. The molecule has 1 saturated carbocycles. The Morgan fingerprint density at radius 1 is 1.22 bits per heavy atom. The maximum Gasteiger partial charge on any atom is 0.318 e. The second kappa shape index (κ2) is 7.99. The Morgan fingerprint density at radius 2 is 1.87 bits per heavy atom. The van der Waals surface area contributed by atoms with Crippen molar-refractivity contribution in [3.8, 4) is 0 Å². The lowest BCUT2D eigenvalue weighted by molar-refractivity contribution is -0.130. The standard InChI is InChI=1S/C18H27N3O2/c1-14(17(22)20(2)3)19-18(23)21(13-16-10-7-11-16)12-15-8-5-4-6-9-15/h4-6,8-9,14,16H,7,10-13H2,1-3H3,(H,19,23)/t14-/m1/s1. The smallest absolute Gasteiger partial charge is 0.318 e. The van der Waals surface area contributed by atoms with Crippen molar-refractivity contribution in [3.63, 3.8) is 0 Å². The molecule has 0 saturated heterocycles. The molecule has 0 heterocycles. The Morgan fingerprint density at radius 3 is 2.39 bits per heavy atom. The van der Waals surface area contributed by atoms with E-state index in [4.69, 9.17) is 0 Å². The molecule has 1 aromatic rings. The van der Waals surface area contributed by atoms with Crippen molar-refractivity contribution < 1.29 is 9.59 Å². The van der Waals surface area contributed by atoms with Crippen LogP contribution in [0.1, 0.15) is 31.7 Å². The summed E-state index contributed by atoms with van der Waals surface area (Å²) in [6, 6.07) is 9.29. The van der Waals surface area contributed by atoms with Crippen molar-refractivity contribution in [3.05, 3.63) is 35.9 Å². The minimum absolute atomic E-state index is 0.0957. The average molecular weight is 317 g/mol. The van der Waals surface area contributed by atoms with Crippen LogP contribution in [0, 0.1) is 5.92 Å². The number of carbonyl (C=O) groups is 2. The molecule has 1 fully saturated rings. The van der Waals surface area contributed by atoms with Crippen LogP contribution in [0.3, 0.4) is 0 Å². The molecule has 1 aliphatic rings. The summed E-state index contributed by atoms with van der Waals surface area (Å²) >= 11 is 0. The van der Waals surface area contributed by atoms with Crippen LogP contribution in [0.5, 0.6) is 0 Å². The highest BCUT2D eigenvalue weighted by Crippen LogP contribution is 2.27. The summed E-state index contributed by atoms with van der Waals surface area (Å²) < 4.78 is 0. The van der Waals surface area contributed by atoms with Crippen molar-refractivity contribution in [1.82, 2.24) is 15.1 Å². The summed E-state index contributed by atoms with van der Waals surface area (Å²) in [6.07, 6.45) is 3.62. The quantitative estimate of drug-likeness (QED) is 0.876. The fourth-order valence-corrected chi connectivity index (χ4v) is 2.74. The second-order valence-electron chi connectivity index (χ2n) is 6.57. The fraction of sp³-hybridized carbons (Fsp3) is 0.556. The Balaban J connectivity index is 2.00. The first-order chi connectivity index (χ1) is 11.0. The van der Waals surface area contributed by atoms with Gasteiger partial charge < -0.3 is 15.1 Å². The van der Waals surface area contributed by atoms with E-state index in [1.54, 1.807) is 21.0 Å². The molecule has 5 nitrogen and oxygen atoms in total. The van der Waals surface area contributed by atoms with Gasteiger partial charge in [0.15, 0.2) is 0 Å². The number of nitrogens with zero attached hydrogens (tertiary/aromatic N) is 2. The number of nitrogens with one attached hydrogen (secondary N) is 1. The predicted molar refractivity (Wildman–Crippen MR) is 90.9 cm³/mol. The van der Waals surface area contributed by atoms with Crippen LogP contribution in [0.2, 0.25) is 0 Å². The Labute approximate surface area is 138 Å². The summed E-state index contributed by atoms with van der Waals surface area (Å²) in [5.41, 5.74) is 1.11. The Kier molecular flexibility index (Phi) is 6.02. The third-order valence-electron chi connectivity index (χ3n) is 4.36. The Bertz CT molecular complexity index is 526. The molecule has 0 unspecified atom stereocenters. The molecule has 1 aliphatic carbocycles. The minimum atomic E-state index is -0.517. The van der Waals surface area contributed by atoms with Crippen molar-refractivity contribution in [2.75, 3.05) is 20.6 Å². The van der Waals surface area contributed by atoms with Crippen LogP contribution >= 0.6 is 0 Å². The van der Waals surface area contributed by atoms with Gasteiger partial charge in [-0.05, 0) is 31.2 Å². The molecule has 5 heteroatoms. The topological polar surface area (TPSA) is 52.7 Å². The number of carbonyl (C=O) groups excluding carboxylic acids is 2. The van der Waals surface area contributed by atoms with Crippen LogP contribution in [-0.4, -0.2) is 48.4 Å². The van der Waals surface area contributed by atoms with Crippen molar-refractivity contribution >= 4 is 11.9 Å². The monoisotopic (exact) mass is 317 g/mol. The molecular formula is C18H27N3O2. The number of amides is 3. The van der Waals surface area contributed by atoms with Crippen LogP contribution in [-0.2, 0) is 11.3 Å². The van der Waals surface area contributed by atoms with E-state index >= 15 is 0 Å². The van der Waals surface area contributed by atoms with E-state index in [-0.39, 0.29) is 11.9 Å². The SMILES string of the molecule is C[C@@H](NC(=O)N(Cc1ccccc1)CC1CCC1)C(=O)N(C)C. The first-order valence-corrected chi connectivity index (χ1v) is 8.28. The molecule has 1 aromatic carbocycles. The van der Waals surface area contributed by atoms with Crippen LogP contribution in [0.25, 0.3) is 0 Å². The predicted octanol–water partition coefficient (Wildman–Crippen LogP) is 2.48. The van der Waals surface area contributed by atoms with Gasteiger partial charge in [0.25, 0.3) is 0 Å². The molecule has 23 heavy (non-hydrogen) atoms. The molecule has 0 spiro atoms. The zero-order valence-corrected chi connectivity index (χ0v) is 14.3. The zero-order valence-electron chi connectivity index (χ0n) is 14.3. The largest absolute Gasteiger partial charge is 0.347 e. The van der Waals surface area contributed by atoms with Crippen LogP contribution < -0.4 is 5.32 Å². The summed E-state index contributed by atoms with van der Waals surface area (Å²) in [7, 11) is 3.39. The zero-order chi connectivity index (χ0) is 16.8. The lowest BCUT2D eigenvalue weighted by atomic mass is 9.85. The van der Waals surface area contributed by atoms with Gasteiger partial charge in [-0.3, -0.25) is 4.79 Å². The molecule has 1 N–H and O–H groups in total. The lowest BCUT2D eigenvalue weighted by Crippen LogP contribution is -2.50. The number of hydrogen-bond donors (Lipinski definition) is 1. The third kappa shape index (κ3) is 4.98. The number of benzene rings is 1. The van der Waals surface area contributed by atoms with Gasteiger partial charge in [-0.2, -0.15) is 0 Å². The van der Waals surface area contributed by atoms with Crippen LogP contribution in [0.4, 0.5) is 4.79 Å². The van der Waals surface area contributed by atoms with E-state index in [9.17, 15) is 9.59 Å². The molecule has 0 aliphatic heterocycles. The number of hydrogen-bond acceptors (Lipinski definition) is 2. The second-order valence-corrected chi connectivity index (χ2v) is 6.57. The van der Waals surface area contributed by atoms with Gasteiger partial charge in [0, 0.05) is 27.2 Å². The molecule has 3 amide bonds. The van der Waals surface area contributed by atoms with Gasteiger partial charge >= 0.3 is 6.03 Å². The highest BCUT2D eigenvalue weighted by molar-refractivity contribution is 5.86. The highest BCUT2D eigenvalue weighted by Gasteiger charge is 2.26. The number of rotatable bonds is 6. The van der Waals surface area contributed by atoms with E-state index in [0.29, 0.717) is 12.5 Å². The maximum absolute atomic E-state index is 12.6. The summed E-state index contributed by atoms with van der Waals surface area (Å²) in [5.74, 6) is 0.492. The molecule has 0 aromatic heterocycles. The Hall–Kier alpha value is -2.04. The minimum Gasteiger partial charge on any atom is -0.347 e. The normalized spacial score (nSPS) is 15.4. The number of urea groups is 1. The molecule has 0 radical (unpaired) electrons. The molecular weight excluding hydrogens is 290 g/mol. The van der Waals surface area contributed by atoms with Gasteiger partial charge in [-0.1, -0.05) is 36.8 Å². The first kappa shape index (κ1) is 17.3. The lowest BCUT2D eigenvalue weighted by Gasteiger charge is -2.33. The molecule has 0 bridgehead atoms. The van der Waals surface area contributed by atoms with Crippen molar-refractivity contribution in [2.45, 2.75) is 38.8 Å². The van der Waals surface area contributed by atoms with Gasteiger partial charge in [0.2, 0.25) is 5.91 Å². The molecule has 1 atom stereocenters. The van der Waals surface area contributed by atoms with Gasteiger partial charge in [0.1, 0.15) is 6.04 Å². The van der Waals surface area contributed by atoms with Gasteiger partial charge in [-0.15, -0.1) is 0 Å². The van der Waals surface area contributed by atoms with Gasteiger partial charge in [-0.25, -0.2) is 4.79 Å². The summed E-state index contributed by atoms with van der Waals surface area (Å²) in [5, 5.41) is 2.83. The van der Waals surface area contributed by atoms with Gasteiger partial charge in [0.05, 0.1) is 0 Å². The molecule has 2 rings (SSSR count). The fourth-order valence-electron chi connectivity index (χ4n) is 2.74. The van der Waals surface area contributed by atoms with Crippen LogP contribution in [0.15, 0.2) is 30.3 Å². The summed E-state index contributed by atoms with van der Waals surface area (Å²) in [6.45, 7) is 3.06. The van der Waals surface area contributed by atoms with E-state index in [1.165, 1.54) is 24.2 Å². The van der Waals surface area contributed by atoms with Crippen molar-refractivity contribution in [1.29, 1.82) is 0 Å². The first-order valence-electron chi connectivity index (χ1n) is 8.28.